The lowest BCUT2D eigenvalue weighted by molar-refractivity contribution is -0.290. The number of alkyl halides is 3. The van der Waals surface area contributed by atoms with Gasteiger partial charge in [0.1, 0.15) is 5.78 Å². The normalized spacial score (nSPS) is 30.6. The molecule has 0 spiro atoms. The molecule has 1 aromatic rings. The van der Waals surface area contributed by atoms with Gasteiger partial charge in [-0.1, -0.05) is 6.07 Å². The van der Waals surface area contributed by atoms with E-state index in [1.807, 2.05) is 0 Å². The van der Waals surface area contributed by atoms with Crippen molar-refractivity contribution in [2.24, 2.45) is 5.92 Å². The topological polar surface area (TPSA) is 78.4 Å². The number of hydrogen-bond donors (Lipinski definition) is 3. The van der Waals surface area contributed by atoms with Crippen molar-refractivity contribution >= 4 is 23.2 Å². The van der Waals surface area contributed by atoms with Crippen LogP contribution >= 0.6 is 11.3 Å². The van der Waals surface area contributed by atoms with Gasteiger partial charge in [-0.3, -0.25) is 4.79 Å². The smallest absolute Gasteiger partial charge is 0.363 e. The maximum absolute atomic E-state index is 13.1. The number of amides is 2. The summed E-state index contributed by atoms with van der Waals surface area (Å²) in [5.74, 6) is -2.74. The number of rotatable bonds is 2. The summed E-state index contributed by atoms with van der Waals surface area (Å²) in [6, 6.07) is 0.666. The molecule has 1 aliphatic rings. The lowest BCUT2D eigenvalue weighted by Crippen LogP contribution is -2.72. The number of carbonyl (C=O) groups is 2. The van der Waals surface area contributed by atoms with Gasteiger partial charge in [0.2, 0.25) is 5.72 Å². The Labute approximate surface area is 115 Å². The van der Waals surface area contributed by atoms with Crippen LogP contribution in [-0.2, 0) is 4.79 Å². The number of aliphatic hydroxyl groups is 1. The predicted molar refractivity (Wildman–Crippen MR) is 63.9 cm³/mol. The van der Waals surface area contributed by atoms with E-state index in [0.29, 0.717) is 4.88 Å². The van der Waals surface area contributed by atoms with Crippen LogP contribution in [0.15, 0.2) is 17.5 Å². The van der Waals surface area contributed by atoms with Crippen molar-refractivity contribution in [1.82, 2.24) is 10.6 Å². The van der Waals surface area contributed by atoms with E-state index >= 15 is 0 Å². The second-order valence-corrected chi connectivity index (χ2v) is 5.42. The molecule has 2 amide bonds. The Bertz CT molecular complexity index is 532. The zero-order chi connectivity index (χ0) is 15.1. The summed E-state index contributed by atoms with van der Waals surface area (Å²) in [5.41, 5.74) is -3.59. The SMILES string of the molecule is CC(=O)[C@@H]1[C@@H](c2cccs2)NC(=O)N[C@@]1(O)C(F)(F)F. The lowest BCUT2D eigenvalue weighted by atomic mass is 9.82. The summed E-state index contributed by atoms with van der Waals surface area (Å²) in [5, 5.41) is 15.1. The van der Waals surface area contributed by atoms with Crippen molar-refractivity contribution in [3.63, 3.8) is 0 Å². The molecular formula is C11H11F3N2O3S. The summed E-state index contributed by atoms with van der Waals surface area (Å²) in [7, 11) is 0. The molecule has 0 aliphatic carbocycles. The first-order valence-corrected chi connectivity index (χ1v) is 6.46. The van der Waals surface area contributed by atoms with Gasteiger partial charge in [-0.25, -0.2) is 4.79 Å². The van der Waals surface area contributed by atoms with Crippen LogP contribution in [0.1, 0.15) is 17.8 Å². The first-order chi connectivity index (χ1) is 9.17. The highest BCUT2D eigenvalue weighted by atomic mass is 32.1. The summed E-state index contributed by atoms with van der Waals surface area (Å²) in [4.78, 5) is 23.4. The van der Waals surface area contributed by atoms with Gasteiger partial charge < -0.3 is 15.7 Å². The largest absolute Gasteiger partial charge is 0.437 e. The van der Waals surface area contributed by atoms with Gasteiger partial charge >= 0.3 is 12.2 Å². The van der Waals surface area contributed by atoms with Crippen LogP contribution in [0, 0.1) is 5.92 Å². The number of Topliss-reactive ketones (excluding diaryl/α,β-unsaturated/α-hetero) is 1. The van der Waals surface area contributed by atoms with Gasteiger partial charge in [-0.2, -0.15) is 13.2 Å². The molecule has 2 rings (SSSR count). The van der Waals surface area contributed by atoms with Crippen LogP contribution in [0.3, 0.4) is 0 Å². The fraction of sp³-hybridized carbons (Fsp3) is 0.455. The molecule has 5 nitrogen and oxygen atoms in total. The summed E-state index contributed by atoms with van der Waals surface area (Å²) >= 11 is 1.09. The molecule has 20 heavy (non-hydrogen) atoms. The van der Waals surface area contributed by atoms with E-state index < -0.39 is 35.7 Å². The van der Waals surface area contributed by atoms with E-state index in [9.17, 15) is 27.9 Å². The van der Waals surface area contributed by atoms with Gasteiger partial charge in [-0.05, 0) is 18.4 Å². The van der Waals surface area contributed by atoms with Crippen LogP contribution in [0.5, 0.6) is 0 Å². The third kappa shape index (κ3) is 2.27. The number of hydrogen-bond acceptors (Lipinski definition) is 4. The minimum atomic E-state index is -5.17. The van der Waals surface area contributed by atoms with Gasteiger partial charge in [0.05, 0.1) is 12.0 Å². The third-order valence-electron chi connectivity index (χ3n) is 3.09. The maximum Gasteiger partial charge on any atom is 0.437 e. The highest BCUT2D eigenvalue weighted by molar-refractivity contribution is 7.10. The molecule has 1 fully saturated rings. The second kappa shape index (κ2) is 4.74. The van der Waals surface area contributed by atoms with Crippen molar-refractivity contribution < 1.29 is 27.9 Å². The fourth-order valence-corrected chi connectivity index (χ4v) is 3.05. The second-order valence-electron chi connectivity index (χ2n) is 4.44. The molecule has 1 aromatic heterocycles. The molecular weight excluding hydrogens is 297 g/mol. The van der Waals surface area contributed by atoms with Crippen molar-refractivity contribution in [2.45, 2.75) is 24.9 Å². The molecule has 9 heteroatoms. The van der Waals surface area contributed by atoms with Gasteiger partial charge in [-0.15, -0.1) is 11.3 Å². The molecule has 3 N–H and O–H groups in total. The Morgan fingerprint density at radius 3 is 2.60 bits per heavy atom. The minimum Gasteiger partial charge on any atom is -0.363 e. The minimum absolute atomic E-state index is 0.364. The number of ketones is 1. The summed E-state index contributed by atoms with van der Waals surface area (Å²) in [6.45, 7) is 0.946. The Hall–Kier alpha value is -1.61. The lowest BCUT2D eigenvalue weighted by Gasteiger charge is -2.44. The molecule has 0 aromatic carbocycles. The standard InChI is InChI=1S/C11H11F3N2O3S/c1-5(17)7-8(6-3-2-4-20-6)15-9(18)16-10(7,19)11(12,13)14/h2-4,7-8,19H,1H3,(H2,15,16,18)/t7-,8-,10+/m1/s1. The molecule has 1 saturated heterocycles. The Balaban J connectivity index is 2.52. The van der Waals surface area contributed by atoms with Gasteiger partial charge in [0, 0.05) is 4.88 Å². The Morgan fingerprint density at radius 1 is 1.50 bits per heavy atom. The summed E-state index contributed by atoms with van der Waals surface area (Å²) in [6.07, 6.45) is -5.17. The Kier molecular flexibility index (Phi) is 3.51. The van der Waals surface area contributed by atoms with Crippen LogP contribution in [0.4, 0.5) is 18.0 Å². The average molecular weight is 308 g/mol. The Morgan fingerprint density at radius 2 is 2.15 bits per heavy atom. The molecule has 1 aliphatic heterocycles. The number of halogens is 3. The van der Waals surface area contributed by atoms with Crippen LogP contribution in [0.25, 0.3) is 0 Å². The van der Waals surface area contributed by atoms with Gasteiger partial charge in [0.15, 0.2) is 0 Å². The monoisotopic (exact) mass is 308 g/mol. The number of carbonyl (C=O) groups excluding carboxylic acids is 2. The van der Waals surface area contributed by atoms with E-state index in [4.69, 9.17) is 0 Å². The predicted octanol–water partition coefficient (Wildman–Crippen LogP) is 1.56. The zero-order valence-electron chi connectivity index (χ0n) is 10.2. The molecule has 2 heterocycles. The first kappa shape index (κ1) is 14.8. The van der Waals surface area contributed by atoms with Crippen molar-refractivity contribution in [1.29, 1.82) is 0 Å². The van der Waals surface area contributed by atoms with Crippen LogP contribution < -0.4 is 10.6 Å². The number of thiophene rings is 1. The van der Waals surface area contributed by atoms with Crippen molar-refractivity contribution in [3.05, 3.63) is 22.4 Å². The van der Waals surface area contributed by atoms with Gasteiger partial charge in [0.25, 0.3) is 0 Å². The molecule has 0 bridgehead atoms. The fourth-order valence-electron chi connectivity index (χ4n) is 2.23. The highest BCUT2D eigenvalue weighted by Crippen LogP contribution is 2.43. The van der Waals surface area contributed by atoms with E-state index in [-0.39, 0.29) is 0 Å². The molecule has 0 unspecified atom stereocenters. The van der Waals surface area contributed by atoms with E-state index in [0.717, 1.165) is 18.3 Å². The van der Waals surface area contributed by atoms with Crippen molar-refractivity contribution in [2.75, 3.05) is 0 Å². The molecule has 0 saturated carbocycles. The van der Waals surface area contributed by atoms with Crippen LogP contribution in [0.2, 0.25) is 0 Å². The summed E-state index contributed by atoms with van der Waals surface area (Å²) < 4.78 is 39.2. The maximum atomic E-state index is 13.1. The number of nitrogens with one attached hydrogen (secondary N) is 2. The zero-order valence-corrected chi connectivity index (χ0v) is 11.0. The first-order valence-electron chi connectivity index (χ1n) is 5.58. The third-order valence-corrected chi connectivity index (χ3v) is 4.05. The van der Waals surface area contributed by atoms with Crippen LogP contribution in [-0.4, -0.2) is 28.8 Å². The molecule has 3 atom stereocenters. The number of urea groups is 1. The van der Waals surface area contributed by atoms with E-state index in [1.165, 1.54) is 11.4 Å². The average Bonchev–Trinajstić information content (AvgIpc) is 2.78. The van der Waals surface area contributed by atoms with E-state index in [2.05, 4.69) is 5.32 Å². The highest BCUT2D eigenvalue weighted by Gasteiger charge is 2.65. The van der Waals surface area contributed by atoms with E-state index in [1.54, 1.807) is 11.4 Å². The quantitative estimate of drug-likeness (QED) is 0.776. The van der Waals surface area contributed by atoms with Crippen molar-refractivity contribution in [3.8, 4) is 0 Å². The molecule has 110 valence electrons. The molecule has 0 radical (unpaired) electrons.